The molecule has 2 aromatic rings. The fourth-order valence-electron chi connectivity index (χ4n) is 2.19. The lowest BCUT2D eigenvalue weighted by atomic mass is 10.1. The van der Waals surface area contributed by atoms with Gasteiger partial charge in [-0.05, 0) is 58.8 Å². The van der Waals surface area contributed by atoms with Crippen LogP contribution < -0.4 is 10.1 Å². The summed E-state index contributed by atoms with van der Waals surface area (Å²) in [6, 6.07) is 2.41. The van der Waals surface area contributed by atoms with E-state index in [-0.39, 0.29) is 12.1 Å². The molecule has 0 bridgehead atoms. The maximum absolute atomic E-state index is 5.48. The van der Waals surface area contributed by atoms with Gasteiger partial charge in [0.15, 0.2) is 5.75 Å². The molecule has 2 aromatic heterocycles. The van der Waals surface area contributed by atoms with Crippen molar-refractivity contribution < 1.29 is 4.74 Å². The predicted molar refractivity (Wildman–Crippen MR) is 89.8 cm³/mol. The number of nitrogens with one attached hydrogen (secondary N) is 1. The number of hydrogen-bond acceptors (Lipinski definition) is 4. The minimum absolute atomic E-state index is 0.0202. The highest BCUT2D eigenvalue weighted by molar-refractivity contribution is 9.12. The Morgan fingerprint density at radius 3 is 2.55 bits per heavy atom. The van der Waals surface area contributed by atoms with Crippen LogP contribution in [0.1, 0.15) is 37.2 Å². The van der Waals surface area contributed by atoms with Crippen molar-refractivity contribution >= 4 is 43.2 Å². The molecular weight excluding hydrogens is 406 g/mol. The molecule has 0 aromatic carbocycles. The van der Waals surface area contributed by atoms with E-state index in [9.17, 15) is 0 Å². The lowest BCUT2D eigenvalue weighted by molar-refractivity contribution is 0.396. The average molecular weight is 423 g/mol. The Balaban J connectivity index is 2.56. The first kappa shape index (κ1) is 16.0. The maximum Gasteiger partial charge on any atom is 0.161 e. The zero-order valence-corrected chi connectivity index (χ0v) is 15.8. The first-order valence-electron chi connectivity index (χ1n) is 6.23. The van der Waals surface area contributed by atoms with E-state index in [4.69, 9.17) is 4.74 Å². The van der Waals surface area contributed by atoms with Crippen molar-refractivity contribution in [1.29, 1.82) is 0 Å². The molecule has 0 fully saturated rings. The van der Waals surface area contributed by atoms with Gasteiger partial charge in [-0.3, -0.25) is 4.68 Å². The van der Waals surface area contributed by atoms with Crippen LogP contribution in [0.2, 0.25) is 0 Å². The second kappa shape index (κ2) is 6.60. The van der Waals surface area contributed by atoms with Crippen LogP contribution in [-0.2, 0) is 0 Å². The number of ether oxygens (including phenoxy) is 1. The lowest BCUT2D eigenvalue weighted by Crippen LogP contribution is -2.23. The quantitative estimate of drug-likeness (QED) is 0.777. The SMILES string of the molecule is CNC(c1cc(Br)sc1Br)c1c(OC)cnn1C(C)C. The van der Waals surface area contributed by atoms with Crippen molar-refractivity contribution in [3.63, 3.8) is 0 Å². The van der Waals surface area contributed by atoms with Crippen molar-refractivity contribution in [3.8, 4) is 5.75 Å². The first-order chi connectivity index (χ1) is 9.49. The summed E-state index contributed by atoms with van der Waals surface area (Å²) in [5.74, 6) is 0.798. The first-order valence-corrected chi connectivity index (χ1v) is 8.63. The van der Waals surface area contributed by atoms with Crippen LogP contribution >= 0.6 is 43.2 Å². The Morgan fingerprint density at radius 1 is 1.40 bits per heavy atom. The van der Waals surface area contributed by atoms with Gasteiger partial charge in [-0.15, -0.1) is 11.3 Å². The van der Waals surface area contributed by atoms with E-state index in [1.807, 2.05) is 11.7 Å². The third-order valence-corrected chi connectivity index (χ3v) is 5.45. The standard InChI is InChI=1S/C13H17Br2N3OS/c1-7(2)18-12(9(19-4)6-17-18)11(16-3)8-5-10(14)20-13(8)15/h5-7,11,16H,1-4H3. The molecule has 1 atom stereocenters. The molecule has 0 saturated heterocycles. The van der Waals surface area contributed by atoms with Crippen LogP contribution in [0, 0.1) is 0 Å². The van der Waals surface area contributed by atoms with Crippen molar-refractivity contribution in [2.45, 2.75) is 25.9 Å². The van der Waals surface area contributed by atoms with Gasteiger partial charge in [0.2, 0.25) is 0 Å². The summed E-state index contributed by atoms with van der Waals surface area (Å²) in [5, 5.41) is 7.81. The van der Waals surface area contributed by atoms with Gasteiger partial charge in [-0.1, -0.05) is 0 Å². The summed E-state index contributed by atoms with van der Waals surface area (Å²) in [5.41, 5.74) is 2.21. The molecular formula is C13H17Br2N3OS. The largest absolute Gasteiger partial charge is 0.493 e. The summed E-state index contributed by atoms with van der Waals surface area (Å²) >= 11 is 8.82. The summed E-state index contributed by atoms with van der Waals surface area (Å²) in [6.45, 7) is 4.22. The van der Waals surface area contributed by atoms with Crippen molar-refractivity contribution in [2.75, 3.05) is 14.2 Å². The van der Waals surface area contributed by atoms with E-state index < -0.39 is 0 Å². The highest BCUT2D eigenvalue weighted by atomic mass is 79.9. The molecule has 2 heterocycles. The minimum atomic E-state index is 0.0202. The van der Waals surface area contributed by atoms with E-state index >= 15 is 0 Å². The van der Waals surface area contributed by atoms with Crippen LogP contribution in [-0.4, -0.2) is 23.9 Å². The van der Waals surface area contributed by atoms with Gasteiger partial charge < -0.3 is 10.1 Å². The molecule has 0 aliphatic heterocycles. The summed E-state index contributed by atoms with van der Waals surface area (Å²) in [4.78, 5) is 0. The molecule has 0 spiro atoms. The highest BCUT2D eigenvalue weighted by Gasteiger charge is 2.26. The van der Waals surface area contributed by atoms with Crippen LogP contribution in [0.25, 0.3) is 0 Å². The number of methoxy groups -OCH3 is 1. The number of rotatable bonds is 5. The summed E-state index contributed by atoms with van der Waals surface area (Å²) in [7, 11) is 3.62. The zero-order valence-electron chi connectivity index (χ0n) is 11.8. The van der Waals surface area contributed by atoms with E-state index in [2.05, 4.69) is 62.2 Å². The number of hydrogen-bond donors (Lipinski definition) is 1. The van der Waals surface area contributed by atoms with Crippen LogP contribution in [0.15, 0.2) is 19.8 Å². The molecule has 4 nitrogen and oxygen atoms in total. The van der Waals surface area contributed by atoms with E-state index in [1.54, 1.807) is 24.6 Å². The van der Waals surface area contributed by atoms with Crippen LogP contribution in [0.4, 0.5) is 0 Å². The van der Waals surface area contributed by atoms with E-state index in [1.165, 1.54) is 5.56 Å². The fourth-order valence-corrected chi connectivity index (χ4v) is 5.09. The van der Waals surface area contributed by atoms with Gasteiger partial charge in [-0.2, -0.15) is 5.10 Å². The minimum Gasteiger partial charge on any atom is -0.493 e. The Bertz CT molecular complexity index is 594. The monoisotopic (exact) mass is 421 g/mol. The Labute approximate surface area is 139 Å². The average Bonchev–Trinajstić information content (AvgIpc) is 2.95. The second-order valence-corrected chi connectivity index (χ2v) is 8.39. The molecule has 7 heteroatoms. The molecule has 0 aliphatic rings. The molecule has 20 heavy (non-hydrogen) atoms. The molecule has 2 rings (SSSR count). The zero-order chi connectivity index (χ0) is 14.9. The molecule has 0 saturated carbocycles. The predicted octanol–water partition coefficient (Wildman–Crippen LogP) is 4.37. The van der Waals surface area contributed by atoms with Crippen LogP contribution in [0.3, 0.4) is 0 Å². The summed E-state index contributed by atoms with van der Waals surface area (Å²) in [6.07, 6.45) is 1.77. The van der Waals surface area contributed by atoms with Gasteiger partial charge in [0.25, 0.3) is 0 Å². The van der Waals surface area contributed by atoms with Gasteiger partial charge in [0, 0.05) is 11.6 Å². The lowest BCUT2D eigenvalue weighted by Gasteiger charge is -2.21. The smallest absolute Gasteiger partial charge is 0.161 e. The van der Waals surface area contributed by atoms with Gasteiger partial charge in [0.1, 0.15) is 5.69 Å². The Kier molecular flexibility index (Phi) is 5.28. The molecule has 110 valence electrons. The van der Waals surface area contributed by atoms with Gasteiger partial charge in [0.05, 0.1) is 26.9 Å². The number of thiophene rings is 1. The van der Waals surface area contributed by atoms with Crippen molar-refractivity contribution in [3.05, 3.63) is 31.1 Å². The second-order valence-electron chi connectivity index (χ2n) is 4.64. The topological polar surface area (TPSA) is 39.1 Å². The molecule has 0 aliphatic carbocycles. The van der Waals surface area contributed by atoms with Gasteiger partial charge in [-0.25, -0.2) is 0 Å². The van der Waals surface area contributed by atoms with Crippen molar-refractivity contribution in [2.24, 2.45) is 0 Å². The Morgan fingerprint density at radius 2 is 2.10 bits per heavy atom. The number of aromatic nitrogens is 2. The normalized spacial score (nSPS) is 12.9. The molecule has 1 unspecified atom stereocenters. The summed E-state index contributed by atoms with van der Waals surface area (Å²) < 4.78 is 9.67. The van der Waals surface area contributed by atoms with E-state index in [0.717, 1.165) is 19.0 Å². The van der Waals surface area contributed by atoms with Crippen LogP contribution in [0.5, 0.6) is 5.75 Å². The fraction of sp³-hybridized carbons (Fsp3) is 0.462. The Hall–Kier alpha value is -0.370. The van der Waals surface area contributed by atoms with Crippen molar-refractivity contribution in [1.82, 2.24) is 15.1 Å². The number of nitrogens with zero attached hydrogens (tertiary/aromatic N) is 2. The highest BCUT2D eigenvalue weighted by Crippen LogP contribution is 2.40. The molecule has 0 amide bonds. The maximum atomic E-state index is 5.48. The molecule has 0 radical (unpaired) electrons. The third kappa shape index (κ3) is 2.95. The molecule has 1 N–H and O–H groups in total. The number of halogens is 2. The van der Waals surface area contributed by atoms with E-state index in [0.29, 0.717) is 0 Å². The third-order valence-electron chi connectivity index (χ3n) is 3.06. The van der Waals surface area contributed by atoms with Gasteiger partial charge >= 0.3 is 0 Å².